The van der Waals surface area contributed by atoms with Crippen molar-refractivity contribution < 1.29 is 0 Å². The normalized spacial score (nSPS) is 20.5. The molecule has 0 radical (unpaired) electrons. The molecule has 0 aliphatic carbocycles. The molecule has 0 spiro atoms. The SMILES string of the molecule is CCC(C)CNCC1CNc2ccccc2C1. The number of para-hydroxylation sites is 1. The van der Waals surface area contributed by atoms with Gasteiger partial charge in [-0.25, -0.2) is 0 Å². The fourth-order valence-electron chi connectivity index (χ4n) is 2.33. The highest BCUT2D eigenvalue weighted by atomic mass is 14.9. The van der Waals surface area contributed by atoms with Gasteiger partial charge in [0.2, 0.25) is 0 Å². The minimum Gasteiger partial charge on any atom is -0.384 e. The van der Waals surface area contributed by atoms with Gasteiger partial charge in [0.05, 0.1) is 0 Å². The van der Waals surface area contributed by atoms with Gasteiger partial charge in [-0.2, -0.15) is 0 Å². The third-order valence-corrected chi connectivity index (χ3v) is 3.73. The molecule has 1 heterocycles. The van der Waals surface area contributed by atoms with Gasteiger partial charge in [-0.3, -0.25) is 0 Å². The standard InChI is InChI=1S/C15H24N2/c1-3-12(2)9-16-10-13-8-14-6-4-5-7-15(14)17-11-13/h4-7,12-13,16-17H,3,8-11H2,1-2H3. The monoisotopic (exact) mass is 232 g/mol. The van der Waals surface area contributed by atoms with E-state index in [1.54, 1.807) is 0 Å². The van der Waals surface area contributed by atoms with Crippen molar-refractivity contribution in [1.29, 1.82) is 0 Å². The summed E-state index contributed by atoms with van der Waals surface area (Å²) >= 11 is 0. The first-order valence-electron chi connectivity index (χ1n) is 6.82. The van der Waals surface area contributed by atoms with Crippen molar-refractivity contribution in [3.8, 4) is 0 Å². The van der Waals surface area contributed by atoms with Gasteiger partial charge in [0.25, 0.3) is 0 Å². The zero-order valence-corrected chi connectivity index (χ0v) is 11.0. The molecule has 0 saturated heterocycles. The van der Waals surface area contributed by atoms with E-state index in [9.17, 15) is 0 Å². The summed E-state index contributed by atoms with van der Waals surface area (Å²) in [6.45, 7) is 7.94. The Hall–Kier alpha value is -1.02. The molecule has 0 aromatic heterocycles. The Morgan fingerprint density at radius 1 is 1.41 bits per heavy atom. The summed E-state index contributed by atoms with van der Waals surface area (Å²) in [6, 6.07) is 8.66. The van der Waals surface area contributed by atoms with E-state index in [2.05, 4.69) is 48.7 Å². The highest BCUT2D eigenvalue weighted by molar-refractivity contribution is 5.53. The predicted octanol–water partition coefficient (Wildman–Crippen LogP) is 2.91. The molecule has 0 fully saturated rings. The molecular formula is C15H24N2. The van der Waals surface area contributed by atoms with Crippen molar-refractivity contribution in [2.75, 3.05) is 25.0 Å². The molecule has 1 aliphatic rings. The summed E-state index contributed by atoms with van der Waals surface area (Å²) in [5.41, 5.74) is 2.79. The zero-order valence-electron chi connectivity index (χ0n) is 11.0. The van der Waals surface area contributed by atoms with E-state index < -0.39 is 0 Å². The number of hydrogen-bond donors (Lipinski definition) is 2. The summed E-state index contributed by atoms with van der Waals surface area (Å²) in [7, 11) is 0. The number of hydrogen-bond acceptors (Lipinski definition) is 2. The van der Waals surface area contributed by atoms with Crippen LogP contribution in [0.2, 0.25) is 0 Å². The van der Waals surface area contributed by atoms with E-state index in [-0.39, 0.29) is 0 Å². The fourth-order valence-corrected chi connectivity index (χ4v) is 2.33. The molecule has 1 aliphatic heterocycles. The van der Waals surface area contributed by atoms with Crippen LogP contribution in [-0.4, -0.2) is 19.6 Å². The number of nitrogens with one attached hydrogen (secondary N) is 2. The Bertz CT molecular complexity index is 349. The molecule has 2 N–H and O–H groups in total. The second-order valence-electron chi connectivity index (χ2n) is 5.28. The van der Waals surface area contributed by atoms with Gasteiger partial charge in [0.1, 0.15) is 0 Å². The van der Waals surface area contributed by atoms with Crippen LogP contribution in [0.15, 0.2) is 24.3 Å². The van der Waals surface area contributed by atoms with Crippen molar-refractivity contribution in [2.24, 2.45) is 11.8 Å². The van der Waals surface area contributed by atoms with Gasteiger partial charge < -0.3 is 10.6 Å². The van der Waals surface area contributed by atoms with E-state index in [1.807, 2.05) is 0 Å². The quantitative estimate of drug-likeness (QED) is 0.815. The molecule has 2 nitrogen and oxygen atoms in total. The molecule has 2 atom stereocenters. The van der Waals surface area contributed by atoms with E-state index in [4.69, 9.17) is 0 Å². The second-order valence-corrected chi connectivity index (χ2v) is 5.28. The summed E-state index contributed by atoms with van der Waals surface area (Å²) < 4.78 is 0. The highest BCUT2D eigenvalue weighted by Gasteiger charge is 2.17. The van der Waals surface area contributed by atoms with E-state index >= 15 is 0 Å². The van der Waals surface area contributed by atoms with E-state index in [1.165, 1.54) is 24.1 Å². The predicted molar refractivity (Wildman–Crippen MR) is 74.5 cm³/mol. The molecule has 2 heteroatoms. The largest absolute Gasteiger partial charge is 0.384 e. The topological polar surface area (TPSA) is 24.1 Å². The van der Waals surface area contributed by atoms with Crippen LogP contribution in [0.4, 0.5) is 5.69 Å². The maximum atomic E-state index is 3.60. The lowest BCUT2D eigenvalue weighted by Gasteiger charge is -2.26. The van der Waals surface area contributed by atoms with Crippen molar-refractivity contribution >= 4 is 5.69 Å². The van der Waals surface area contributed by atoms with E-state index in [0.29, 0.717) is 0 Å². The maximum absolute atomic E-state index is 3.60. The van der Waals surface area contributed by atoms with E-state index in [0.717, 1.165) is 31.5 Å². The minimum atomic E-state index is 0.731. The smallest absolute Gasteiger partial charge is 0.0372 e. The summed E-state index contributed by atoms with van der Waals surface area (Å²) in [5, 5.41) is 7.12. The van der Waals surface area contributed by atoms with Crippen LogP contribution in [0.5, 0.6) is 0 Å². The van der Waals surface area contributed by atoms with Gasteiger partial charge in [-0.1, -0.05) is 38.5 Å². The van der Waals surface area contributed by atoms with Crippen LogP contribution < -0.4 is 10.6 Å². The third kappa shape index (κ3) is 3.47. The Morgan fingerprint density at radius 3 is 3.06 bits per heavy atom. The first-order chi connectivity index (χ1) is 8.29. The van der Waals surface area contributed by atoms with Gasteiger partial charge in [0, 0.05) is 12.2 Å². The molecule has 0 bridgehead atoms. The summed E-state index contributed by atoms with van der Waals surface area (Å²) in [6.07, 6.45) is 2.47. The third-order valence-electron chi connectivity index (χ3n) is 3.73. The summed E-state index contributed by atoms with van der Waals surface area (Å²) in [4.78, 5) is 0. The number of fused-ring (bicyclic) bond motifs is 1. The van der Waals surface area contributed by atoms with Gasteiger partial charge in [0.15, 0.2) is 0 Å². The second kappa shape index (κ2) is 6.06. The van der Waals surface area contributed by atoms with Crippen molar-refractivity contribution in [2.45, 2.75) is 26.7 Å². The molecule has 1 aromatic rings. The van der Waals surface area contributed by atoms with Crippen molar-refractivity contribution in [3.63, 3.8) is 0 Å². The van der Waals surface area contributed by atoms with Gasteiger partial charge >= 0.3 is 0 Å². The summed E-state index contributed by atoms with van der Waals surface area (Å²) in [5.74, 6) is 1.52. The minimum absolute atomic E-state index is 0.731. The lowest BCUT2D eigenvalue weighted by Crippen LogP contribution is -2.34. The molecule has 0 saturated carbocycles. The van der Waals surface area contributed by atoms with Crippen LogP contribution >= 0.6 is 0 Å². The lowest BCUT2D eigenvalue weighted by molar-refractivity contribution is 0.437. The van der Waals surface area contributed by atoms with Gasteiger partial charge in [-0.05, 0) is 43.0 Å². The zero-order chi connectivity index (χ0) is 12.1. The van der Waals surface area contributed by atoms with Crippen molar-refractivity contribution in [1.82, 2.24) is 5.32 Å². The Morgan fingerprint density at radius 2 is 2.24 bits per heavy atom. The first kappa shape index (κ1) is 12.4. The van der Waals surface area contributed by atoms with Crippen LogP contribution in [0.1, 0.15) is 25.8 Å². The fraction of sp³-hybridized carbons (Fsp3) is 0.600. The maximum Gasteiger partial charge on any atom is 0.0372 e. The Balaban J connectivity index is 1.78. The number of anilines is 1. The molecule has 1 aromatic carbocycles. The first-order valence-corrected chi connectivity index (χ1v) is 6.82. The van der Waals surface area contributed by atoms with Crippen LogP contribution in [0.25, 0.3) is 0 Å². The van der Waals surface area contributed by atoms with Crippen LogP contribution in [0.3, 0.4) is 0 Å². The Labute approximate surface area is 105 Å². The molecule has 2 unspecified atom stereocenters. The van der Waals surface area contributed by atoms with Gasteiger partial charge in [-0.15, -0.1) is 0 Å². The average molecular weight is 232 g/mol. The molecule has 94 valence electrons. The highest BCUT2D eigenvalue weighted by Crippen LogP contribution is 2.23. The average Bonchev–Trinajstić information content (AvgIpc) is 2.38. The lowest BCUT2D eigenvalue weighted by atomic mass is 9.94. The number of rotatable bonds is 5. The molecular weight excluding hydrogens is 208 g/mol. The number of benzene rings is 1. The Kier molecular flexibility index (Phi) is 4.43. The molecule has 0 amide bonds. The molecule has 17 heavy (non-hydrogen) atoms. The van der Waals surface area contributed by atoms with Crippen LogP contribution in [-0.2, 0) is 6.42 Å². The molecule has 2 rings (SSSR count). The van der Waals surface area contributed by atoms with Crippen LogP contribution in [0, 0.1) is 11.8 Å². The van der Waals surface area contributed by atoms with Crippen molar-refractivity contribution in [3.05, 3.63) is 29.8 Å².